The Bertz CT molecular complexity index is 524. The number of ether oxygens (including phenoxy) is 2. The van der Waals surface area contributed by atoms with Gasteiger partial charge in [0.2, 0.25) is 5.91 Å². The number of carbonyl (C=O) groups is 1. The lowest BCUT2D eigenvalue weighted by Crippen LogP contribution is -2.79. The number of thioether (sulfide) groups is 1. The van der Waals surface area contributed by atoms with Crippen molar-refractivity contribution in [3.63, 3.8) is 0 Å². The summed E-state index contributed by atoms with van der Waals surface area (Å²) in [5.41, 5.74) is 1.00. The Labute approximate surface area is 136 Å². The van der Waals surface area contributed by atoms with Crippen molar-refractivity contribution in [3.8, 4) is 11.5 Å². The van der Waals surface area contributed by atoms with E-state index in [4.69, 9.17) is 9.47 Å². The molecule has 2 N–H and O–H groups in total. The van der Waals surface area contributed by atoms with Crippen LogP contribution in [0.5, 0.6) is 11.5 Å². The van der Waals surface area contributed by atoms with E-state index < -0.39 is 0 Å². The lowest BCUT2D eigenvalue weighted by atomic mass is 10.1. The van der Waals surface area contributed by atoms with Gasteiger partial charge in [-0.05, 0) is 25.1 Å². The molecule has 0 aromatic heterocycles. The molecule has 1 aromatic rings. The van der Waals surface area contributed by atoms with Gasteiger partial charge < -0.3 is 19.7 Å². The van der Waals surface area contributed by atoms with Gasteiger partial charge in [-0.1, -0.05) is 0 Å². The molecule has 22 heavy (non-hydrogen) atoms. The maximum absolute atomic E-state index is 12.5. The van der Waals surface area contributed by atoms with Crippen molar-refractivity contribution < 1.29 is 19.6 Å². The molecule has 1 fully saturated rings. The van der Waals surface area contributed by atoms with Crippen LogP contribution in [0.2, 0.25) is 0 Å². The first-order chi connectivity index (χ1) is 10.6. The van der Waals surface area contributed by atoms with Gasteiger partial charge in [-0.15, -0.1) is 11.8 Å². The van der Waals surface area contributed by atoms with E-state index in [1.54, 1.807) is 26.0 Å². The zero-order chi connectivity index (χ0) is 16.1. The van der Waals surface area contributed by atoms with Crippen molar-refractivity contribution >= 4 is 17.7 Å². The molecule has 5 nitrogen and oxygen atoms in total. The highest BCUT2D eigenvalue weighted by molar-refractivity contribution is 8.01. The molecule has 1 amide bonds. The summed E-state index contributed by atoms with van der Waals surface area (Å²) >= 11 is 1.67. The van der Waals surface area contributed by atoms with Crippen molar-refractivity contribution in [2.45, 2.75) is 24.0 Å². The van der Waals surface area contributed by atoms with Gasteiger partial charge in [-0.3, -0.25) is 4.79 Å². The number of amides is 1. The fourth-order valence-corrected chi connectivity index (χ4v) is 3.97. The van der Waals surface area contributed by atoms with E-state index in [1.807, 2.05) is 37.1 Å². The Balaban J connectivity index is 2.29. The number of carbonyl (C=O) groups excluding carboxylic acids is 1. The average Bonchev–Trinajstić information content (AvgIpc) is 2.82. The molecule has 0 spiro atoms. The minimum atomic E-state index is -0.0217. The zero-order valence-electron chi connectivity index (χ0n) is 13.7. The molecule has 1 heterocycles. The highest BCUT2D eigenvalue weighted by atomic mass is 32.2. The van der Waals surface area contributed by atoms with Gasteiger partial charge in [-0.25, -0.2) is 0 Å². The van der Waals surface area contributed by atoms with E-state index in [0.717, 1.165) is 36.6 Å². The minimum absolute atomic E-state index is 0.00981. The summed E-state index contributed by atoms with van der Waals surface area (Å²) in [5.74, 6) is 1.79. The first-order valence-corrected chi connectivity index (χ1v) is 8.52. The number of nitrogens with two attached hydrogens (primary N) is 1. The van der Waals surface area contributed by atoms with Gasteiger partial charge in [0.1, 0.15) is 16.9 Å². The third kappa shape index (κ3) is 3.50. The molecular weight excluding hydrogens is 300 g/mol. The Kier molecular flexibility index (Phi) is 5.97. The molecule has 2 rings (SSSR count). The number of methoxy groups -OCH3 is 2. The van der Waals surface area contributed by atoms with Crippen molar-refractivity contribution in [3.05, 3.63) is 23.8 Å². The van der Waals surface area contributed by atoms with Crippen LogP contribution in [0.25, 0.3) is 0 Å². The molecule has 0 bridgehead atoms. The minimum Gasteiger partial charge on any atom is -0.497 e. The SMILES string of the molecule is C[NH2+]CCCN1C(=O)[C@@H](C)S[C@H]1c1cc(OC)ccc1OC. The van der Waals surface area contributed by atoms with Crippen LogP contribution in [-0.2, 0) is 4.79 Å². The highest BCUT2D eigenvalue weighted by Crippen LogP contribution is 2.46. The molecule has 1 saturated heterocycles. The summed E-state index contributed by atoms with van der Waals surface area (Å²) in [5, 5.41) is 2.11. The van der Waals surface area contributed by atoms with E-state index in [-0.39, 0.29) is 16.5 Å². The Morgan fingerprint density at radius 2 is 2.09 bits per heavy atom. The van der Waals surface area contributed by atoms with E-state index in [0.29, 0.717) is 0 Å². The molecule has 0 unspecified atom stereocenters. The summed E-state index contributed by atoms with van der Waals surface area (Å²) in [4.78, 5) is 14.4. The monoisotopic (exact) mass is 325 g/mol. The Hall–Kier alpha value is -1.40. The number of quaternary nitrogens is 1. The standard InChI is InChI=1S/C16H24N2O3S/c1-11-15(19)18(9-5-8-17-2)16(22-11)13-10-12(20-3)6-7-14(13)21-4/h6-7,10-11,16-17H,5,8-9H2,1-4H3/p+1/t11-,16+/m1/s1. The molecule has 1 aliphatic heterocycles. The third-order valence-electron chi connectivity index (χ3n) is 3.84. The van der Waals surface area contributed by atoms with E-state index in [9.17, 15) is 4.79 Å². The lowest BCUT2D eigenvalue weighted by molar-refractivity contribution is -0.627. The van der Waals surface area contributed by atoms with Crippen LogP contribution in [-0.4, -0.2) is 50.4 Å². The largest absolute Gasteiger partial charge is 0.497 e. The summed E-state index contributed by atoms with van der Waals surface area (Å²) in [6.07, 6.45) is 0.984. The van der Waals surface area contributed by atoms with Gasteiger partial charge >= 0.3 is 0 Å². The van der Waals surface area contributed by atoms with Gasteiger partial charge in [-0.2, -0.15) is 0 Å². The number of nitrogens with zero attached hydrogens (tertiary/aromatic N) is 1. The molecule has 1 aromatic carbocycles. The molecule has 2 atom stereocenters. The van der Waals surface area contributed by atoms with Gasteiger partial charge in [0.25, 0.3) is 0 Å². The van der Waals surface area contributed by atoms with Gasteiger partial charge in [0.15, 0.2) is 0 Å². The number of hydrogen-bond acceptors (Lipinski definition) is 4. The fraction of sp³-hybridized carbons (Fsp3) is 0.562. The van der Waals surface area contributed by atoms with Gasteiger partial charge in [0.05, 0.1) is 33.1 Å². The lowest BCUT2D eigenvalue weighted by Gasteiger charge is -2.25. The fourth-order valence-electron chi connectivity index (χ4n) is 2.64. The number of hydrogen-bond donors (Lipinski definition) is 1. The second-order valence-electron chi connectivity index (χ2n) is 5.32. The first kappa shape index (κ1) is 17.0. The van der Waals surface area contributed by atoms with Crippen LogP contribution in [0.1, 0.15) is 24.3 Å². The maximum atomic E-state index is 12.5. The van der Waals surface area contributed by atoms with E-state index >= 15 is 0 Å². The second-order valence-corrected chi connectivity index (χ2v) is 6.75. The van der Waals surface area contributed by atoms with Crippen LogP contribution in [0, 0.1) is 0 Å². The van der Waals surface area contributed by atoms with Crippen LogP contribution < -0.4 is 14.8 Å². The predicted molar refractivity (Wildman–Crippen MR) is 88.4 cm³/mol. The van der Waals surface area contributed by atoms with Crippen molar-refractivity contribution in [2.75, 3.05) is 34.4 Å². The Morgan fingerprint density at radius 1 is 1.32 bits per heavy atom. The van der Waals surface area contributed by atoms with Crippen LogP contribution >= 0.6 is 11.8 Å². The second kappa shape index (κ2) is 7.74. The maximum Gasteiger partial charge on any atom is 0.236 e. The summed E-state index contributed by atoms with van der Waals surface area (Å²) in [6.45, 7) is 3.76. The van der Waals surface area contributed by atoms with Crippen molar-refractivity contribution in [2.24, 2.45) is 0 Å². The third-order valence-corrected chi connectivity index (χ3v) is 5.22. The number of rotatable bonds is 7. The summed E-state index contributed by atoms with van der Waals surface area (Å²) in [7, 11) is 5.36. The quantitative estimate of drug-likeness (QED) is 0.767. The van der Waals surface area contributed by atoms with Crippen molar-refractivity contribution in [1.29, 1.82) is 0 Å². The van der Waals surface area contributed by atoms with E-state index in [2.05, 4.69) is 5.32 Å². The first-order valence-electron chi connectivity index (χ1n) is 7.58. The zero-order valence-corrected chi connectivity index (χ0v) is 14.5. The molecule has 0 radical (unpaired) electrons. The Morgan fingerprint density at radius 3 is 2.73 bits per heavy atom. The predicted octanol–water partition coefficient (Wildman–Crippen LogP) is 1.25. The number of benzene rings is 1. The highest BCUT2D eigenvalue weighted by Gasteiger charge is 2.39. The average molecular weight is 325 g/mol. The smallest absolute Gasteiger partial charge is 0.236 e. The van der Waals surface area contributed by atoms with Gasteiger partial charge in [0, 0.05) is 18.5 Å². The van der Waals surface area contributed by atoms with Crippen molar-refractivity contribution in [1.82, 2.24) is 4.90 Å². The summed E-state index contributed by atoms with van der Waals surface area (Å²) in [6, 6.07) is 5.75. The molecule has 0 aliphatic carbocycles. The topological polar surface area (TPSA) is 55.4 Å². The normalized spacial score (nSPS) is 21.3. The molecule has 0 saturated carbocycles. The molecular formula is C16H25N2O3S+. The molecule has 1 aliphatic rings. The molecule has 6 heteroatoms. The van der Waals surface area contributed by atoms with E-state index in [1.165, 1.54) is 0 Å². The summed E-state index contributed by atoms with van der Waals surface area (Å²) < 4.78 is 10.8. The van der Waals surface area contributed by atoms with Crippen LogP contribution in [0.4, 0.5) is 0 Å². The molecule has 122 valence electrons. The van der Waals surface area contributed by atoms with Crippen LogP contribution in [0.3, 0.4) is 0 Å². The van der Waals surface area contributed by atoms with Crippen LogP contribution in [0.15, 0.2) is 18.2 Å².